The monoisotopic (exact) mass is 198 g/mol. The van der Waals surface area contributed by atoms with Crippen molar-refractivity contribution in [2.24, 2.45) is 5.14 Å². The normalized spacial score (nSPS) is 12.1. The van der Waals surface area contributed by atoms with Crippen LogP contribution in [0.15, 0.2) is 23.6 Å². The van der Waals surface area contributed by atoms with E-state index < -0.39 is 10.0 Å². The van der Waals surface area contributed by atoms with E-state index in [-0.39, 0.29) is 5.16 Å². The lowest BCUT2D eigenvalue weighted by Crippen LogP contribution is -2.15. The van der Waals surface area contributed by atoms with Crippen molar-refractivity contribution in [1.82, 2.24) is 15.0 Å². The van der Waals surface area contributed by atoms with Crippen molar-refractivity contribution in [3.63, 3.8) is 0 Å². The number of nitrogens with one attached hydrogen (secondary N) is 1. The highest BCUT2D eigenvalue weighted by molar-refractivity contribution is 7.89. The molecule has 0 spiro atoms. The Morgan fingerprint density at radius 3 is 2.92 bits per heavy atom. The largest absolute Gasteiger partial charge is 0.359 e. The Morgan fingerprint density at radius 2 is 2.23 bits per heavy atom. The van der Waals surface area contributed by atoms with E-state index in [1.54, 1.807) is 12.3 Å². The fourth-order valence-corrected chi connectivity index (χ4v) is 1.39. The highest BCUT2D eigenvalue weighted by Crippen LogP contribution is 2.08. The van der Waals surface area contributed by atoms with Crippen molar-refractivity contribution >= 4 is 21.1 Å². The molecule has 0 saturated carbocycles. The summed E-state index contributed by atoms with van der Waals surface area (Å²) in [5.41, 5.74) is 1.20. The van der Waals surface area contributed by atoms with Crippen molar-refractivity contribution in [3.8, 4) is 0 Å². The molecule has 68 valence electrons. The Bertz CT molecular complexity index is 545. The van der Waals surface area contributed by atoms with Crippen LogP contribution < -0.4 is 5.14 Å². The van der Waals surface area contributed by atoms with Gasteiger partial charge in [0, 0.05) is 6.20 Å². The first-order chi connectivity index (χ1) is 6.07. The average molecular weight is 198 g/mol. The maximum Gasteiger partial charge on any atom is 0.273 e. The average Bonchev–Trinajstić information content (AvgIpc) is 2.47. The van der Waals surface area contributed by atoms with Gasteiger partial charge in [-0.05, 0) is 6.07 Å². The molecule has 7 heteroatoms. The zero-order valence-corrected chi connectivity index (χ0v) is 7.25. The molecule has 3 N–H and O–H groups in total. The molecule has 13 heavy (non-hydrogen) atoms. The van der Waals surface area contributed by atoms with E-state index in [1.807, 2.05) is 0 Å². The molecule has 2 aromatic heterocycles. The van der Waals surface area contributed by atoms with Crippen LogP contribution in [0.25, 0.3) is 11.0 Å². The maximum atomic E-state index is 10.8. The van der Waals surface area contributed by atoms with Crippen molar-refractivity contribution in [2.75, 3.05) is 0 Å². The fraction of sp³-hybridized carbons (Fsp3) is 0. The van der Waals surface area contributed by atoms with Gasteiger partial charge in [-0.2, -0.15) is 0 Å². The predicted molar refractivity (Wildman–Crippen MR) is 45.3 cm³/mol. The lowest BCUT2D eigenvalue weighted by molar-refractivity contribution is 0.589. The topological polar surface area (TPSA) is 102 Å². The van der Waals surface area contributed by atoms with Crippen LogP contribution in [0.4, 0.5) is 0 Å². The van der Waals surface area contributed by atoms with Crippen molar-refractivity contribution in [2.45, 2.75) is 5.16 Å². The molecule has 2 heterocycles. The number of nitrogens with zero attached hydrogens (tertiary/aromatic N) is 2. The highest BCUT2D eigenvalue weighted by Gasteiger charge is 2.11. The van der Waals surface area contributed by atoms with Gasteiger partial charge in [0.2, 0.25) is 0 Å². The van der Waals surface area contributed by atoms with Gasteiger partial charge < -0.3 is 4.98 Å². The molecule has 0 amide bonds. The number of hydrogen-bond acceptors (Lipinski definition) is 4. The second-order valence-electron chi connectivity index (χ2n) is 2.47. The third-order valence-corrected chi connectivity index (χ3v) is 2.24. The Morgan fingerprint density at radius 1 is 1.46 bits per heavy atom. The molecule has 0 bridgehead atoms. The number of hydrogen-bond donors (Lipinski definition) is 2. The third-order valence-electron chi connectivity index (χ3n) is 1.53. The number of aromatic nitrogens is 3. The molecular formula is C6H6N4O2S. The number of nitrogens with two attached hydrogens (primary N) is 1. The van der Waals surface area contributed by atoms with E-state index in [9.17, 15) is 8.42 Å². The summed E-state index contributed by atoms with van der Waals surface area (Å²) in [7, 11) is -3.81. The number of fused-ring (bicyclic) bond motifs is 1. The van der Waals surface area contributed by atoms with Crippen LogP contribution >= 0.6 is 0 Å². The summed E-state index contributed by atoms with van der Waals surface area (Å²) in [5, 5.41) is 4.49. The number of rotatable bonds is 1. The van der Waals surface area contributed by atoms with Crippen molar-refractivity contribution < 1.29 is 8.42 Å². The minimum absolute atomic E-state index is 0.361. The summed E-state index contributed by atoms with van der Waals surface area (Å²) in [6.45, 7) is 0. The van der Waals surface area contributed by atoms with Crippen molar-refractivity contribution in [3.05, 3.63) is 18.5 Å². The van der Waals surface area contributed by atoms with Gasteiger partial charge in [0.05, 0.1) is 17.2 Å². The lowest BCUT2D eigenvalue weighted by Gasteiger charge is -1.94. The molecule has 0 aromatic carbocycles. The van der Waals surface area contributed by atoms with Crippen LogP contribution in [0, 0.1) is 0 Å². The predicted octanol–water partition coefficient (Wildman–Crippen LogP) is -0.395. The molecule has 2 rings (SSSR count). The smallest absolute Gasteiger partial charge is 0.273 e. The fourth-order valence-electron chi connectivity index (χ4n) is 0.964. The molecule has 0 unspecified atom stereocenters. The minimum atomic E-state index is -3.81. The van der Waals surface area contributed by atoms with Gasteiger partial charge in [-0.1, -0.05) is 0 Å². The summed E-state index contributed by atoms with van der Waals surface area (Å²) < 4.78 is 21.7. The Labute approximate surface area is 73.9 Å². The van der Waals surface area contributed by atoms with Crippen LogP contribution in [0.3, 0.4) is 0 Å². The van der Waals surface area contributed by atoms with E-state index >= 15 is 0 Å². The number of aromatic amines is 1. The number of H-pyrrole nitrogens is 1. The second kappa shape index (κ2) is 2.51. The van der Waals surface area contributed by atoms with Crippen LogP contribution in [-0.4, -0.2) is 23.4 Å². The lowest BCUT2D eigenvalue weighted by atomic mass is 10.5. The second-order valence-corrected chi connectivity index (χ2v) is 3.93. The molecule has 0 saturated heterocycles. The van der Waals surface area contributed by atoms with Crippen LogP contribution in [0.1, 0.15) is 0 Å². The van der Waals surface area contributed by atoms with E-state index in [2.05, 4.69) is 15.0 Å². The Kier molecular flexibility index (Phi) is 1.57. The molecule has 2 aromatic rings. The van der Waals surface area contributed by atoms with Crippen molar-refractivity contribution in [1.29, 1.82) is 0 Å². The number of primary sulfonamides is 1. The summed E-state index contributed by atoms with van der Waals surface area (Å²) in [6.07, 6.45) is 3.02. The zero-order chi connectivity index (χ0) is 9.47. The first-order valence-corrected chi connectivity index (χ1v) is 4.95. The summed E-state index contributed by atoms with van der Waals surface area (Å²) in [5.74, 6) is 0. The van der Waals surface area contributed by atoms with E-state index in [1.165, 1.54) is 6.20 Å². The van der Waals surface area contributed by atoms with E-state index in [0.29, 0.717) is 11.0 Å². The zero-order valence-electron chi connectivity index (χ0n) is 6.43. The number of sulfonamides is 1. The molecule has 6 nitrogen and oxygen atoms in total. The highest BCUT2D eigenvalue weighted by atomic mass is 32.2. The van der Waals surface area contributed by atoms with Crippen LogP contribution in [0.5, 0.6) is 0 Å². The molecule has 0 fully saturated rings. The summed E-state index contributed by atoms with van der Waals surface area (Å²) in [6, 6.07) is 1.64. The molecular weight excluding hydrogens is 192 g/mol. The van der Waals surface area contributed by atoms with Gasteiger partial charge >= 0.3 is 0 Å². The first kappa shape index (κ1) is 8.14. The van der Waals surface area contributed by atoms with E-state index in [0.717, 1.165) is 0 Å². The van der Waals surface area contributed by atoms with Gasteiger partial charge in [0.1, 0.15) is 0 Å². The Hall–Kier alpha value is -1.47. The molecule has 0 aliphatic carbocycles. The quantitative estimate of drug-likeness (QED) is 0.609. The Balaban J connectivity index is 2.75. The first-order valence-electron chi connectivity index (χ1n) is 3.40. The summed E-state index contributed by atoms with van der Waals surface area (Å²) in [4.78, 5) is 10.2. The molecule has 0 aliphatic rings. The van der Waals surface area contributed by atoms with Gasteiger partial charge in [-0.3, -0.25) is 0 Å². The van der Waals surface area contributed by atoms with Gasteiger partial charge in [-0.25, -0.2) is 23.5 Å². The van der Waals surface area contributed by atoms with Crippen LogP contribution in [-0.2, 0) is 10.0 Å². The molecule has 0 atom stereocenters. The standard InChI is InChI=1S/C6H6N4O2S/c7-13(11,12)6-9-3-5-4(10-6)1-2-8-5/h1-3,8H,(H2,7,11,12). The maximum absolute atomic E-state index is 10.8. The third kappa shape index (κ3) is 1.38. The SMILES string of the molecule is NS(=O)(=O)c1ncc2[nH]ccc2n1. The van der Waals surface area contributed by atoms with Crippen LogP contribution in [0.2, 0.25) is 0 Å². The molecule has 0 aliphatic heterocycles. The van der Waals surface area contributed by atoms with Gasteiger partial charge in [0.15, 0.2) is 0 Å². The van der Waals surface area contributed by atoms with Gasteiger partial charge in [-0.15, -0.1) is 0 Å². The minimum Gasteiger partial charge on any atom is -0.359 e. The van der Waals surface area contributed by atoms with Gasteiger partial charge in [0.25, 0.3) is 15.2 Å². The summed E-state index contributed by atoms with van der Waals surface area (Å²) >= 11 is 0. The molecule has 0 radical (unpaired) electrons. The van der Waals surface area contributed by atoms with E-state index in [4.69, 9.17) is 5.14 Å².